The Morgan fingerprint density at radius 2 is 1.91 bits per heavy atom. The molecule has 8 heteroatoms. The number of thiophene rings is 1. The zero-order valence-corrected chi connectivity index (χ0v) is 21.7. The van der Waals surface area contributed by atoms with Crippen molar-refractivity contribution in [2.45, 2.75) is 65.0 Å². The lowest BCUT2D eigenvalue weighted by atomic mass is 9.73. The fraction of sp³-hybridized carbons (Fsp3) is 0.500. The van der Waals surface area contributed by atoms with Crippen molar-refractivity contribution < 1.29 is 19.1 Å². The molecule has 1 aromatic carbocycles. The number of thioether (sulfide) groups is 1. The van der Waals surface area contributed by atoms with Gasteiger partial charge in [-0.15, -0.1) is 11.3 Å². The fourth-order valence-electron chi connectivity index (χ4n) is 4.30. The number of hydrogen-bond acceptors (Lipinski definition) is 6. The third-order valence-corrected chi connectivity index (χ3v) is 8.27. The Kier molecular flexibility index (Phi) is 9.74. The van der Waals surface area contributed by atoms with Crippen LogP contribution in [0.15, 0.2) is 41.8 Å². The van der Waals surface area contributed by atoms with Crippen molar-refractivity contribution in [1.82, 2.24) is 5.32 Å². The Labute approximate surface area is 210 Å². The van der Waals surface area contributed by atoms with Gasteiger partial charge in [0.1, 0.15) is 6.04 Å². The first-order chi connectivity index (χ1) is 16.3. The number of carbonyl (C=O) groups is 3. The maximum absolute atomic E-state index is 13.7. The number of nitrogens with one attached hydrogen (secondary N) is 2. The highest BCUT2D eigenvalue weighted by atomic mass is 32.2. The van der Waals surface area contributed by atoms with E-state index < -0.39 is 11.5 Å². The molecule has 6 nitrogen and oxygen atoms in total. The van der Waals surface area contributed by atoms with Crippen molar-refractivity contribution >= 4 is 45.0 Å². The summed E-state index contributed by atoms with van der Waals surface area (Å²) in [5.41, 5.74) is 1.35. The van der Waals surface area contributed by atoms with Crippen LogP contribution in [0.5, 0.6) is 0 Å². The van der Waals surface area contributed by atoms with E-state index in [0.29, 0.717) is 31.6 Å². The number of aryl methyl sites for hydroxylation is 1. The molecule has 0 aliphatic heterocycles. The maximum Gasteiger partial charge on any atom is 0.247 e. The Hall–Kier alpha value is -2.16. The molecule has 3 rings (SSSR count). The Morgan fingerprint density at radius 1 is 1.21 bits per heavy atom. The molecule has 184 valence electrons. The van der Waals surface area contributed by atoms with Gasteiger partial charge in [0.15, 0.2) is 5.12 Å². The van der Waals surface area contributed by atoms with E-state index in [1.54, 1.807) is 0 Å². The molecule has 0 radical (unpaired) electrons. The van der Waals surface area contributed by atoms with Crippen LogP contribution in [0.2, 0.25) is 0 Å². The molecule has 1 saturated carbocycles. The fourth-order valence-corrected chi connectivity index (χ4v) is 5.99. The highest BCUT2D eigenvalue weighted by Gasteiger charge is 2.43. The average Bonchev–Trinajstić information content (AvgIpc) is 3.23. The molecule has 34 heavy (non-hydrogen) atoms. The van der Waals surface area contributed by atoms with Crippen LogP contribution in [0.4, 0.5) is 5.00 Å². The molecule has 0 spiro atoms. The molecule has 0 bridgehead atoms. The van der Waals surface area contributed by atoms with Crippen LogP contribution in [0.25, 0.3) is 0 Å². The van der Waals surface area contributed by atoms with E-state index in [1.807, 2.05) is 55.6 Å². The minimum Gasteiger partial charge on any atom is -0.379 e. The number of amides is 2. The second-order valence-electron chi connectivity index (χ2n) is 8.91. The molecule has 1 heterocycles. The van der Waals surface area contributed by atoms with Crippen LogP contribution in [-0.4, -0.2) is 41.4 Å². The summed E-state index contributed by atoms with van der Waals surface area (Å²) in [7, 11) is 0. The van der Waals surface area contributed by atoms with Gasteiger partial charge in [0.25, 0.3) is 0 Å². The first kappa shape index (κ1) is 26.4. The van der Waals surface area contributed by atoms with Crippen LogP contribution in [0, 0.1) is 12.3 Å². The zero-order chi connectivity index (χ0) is 24.6. The molecule has 2 N–H and O–H groups in total. The standard InChI is InChI=1S/C26H34N2O4S2/c1-4-32-21-10-12-26(13-11-21,17-34-19(3)29)25(31)27-22(15-20-8-6-5-7-9-20)24(30)28-23-14-18(2)16-33-23/h5-9,14,16,21-22H,4,10-13,15,17H2,1-3H3,(H,27,31)(H,28,30)/t21?,22-,26?/m0/s1. The molecular weight excluding hydrogens is 468 g/mol. The number of carbonyl (C=O) groups excluding carboxylic acids is 3. The molecule has 1 aliphatic carbocycles. The van der Waals surface area contributed by atoms with Gasteiger partial charge in [-0.3, -0.25) is 14.4 Å². The van der Waals surface area contributed by atoms with Crippen molar-refractivity contribution in [2.24, 2.45) is 5.41 Å². The summed E-state index contributed by atoms with van der Waals surface area (Å²) < 4.78 is 5.78. The van der Waals surface area contributed by atoms with Gasteiger partial charge in [-0.1, -0.05) is 42.1 Å². The second-order valence-corrected chi connectivity index (χ2v) is 11.0. The first-order valence-corrected chi connectivity index (χ1v) is 13.6. The van der Waals surface area contributed by atoms with Gasteiger partial charge in [-0.2, -0.15) is 0 Å². The molecule has 1 aromatic heterocycles. The monoisotopic (exact) mass is 502 g/mol. The lowest BCUT2D eigenvalue weighted by molar-refractivity contribution is -0.136. The van der Waals surface area contributed by atoms with E-state index in [1.165, 1.54) is 30.0 Å². The largest absolute Gasteiger partial charge is 0.379 e. The van der Waals surface area contributed by atoms with E-state index in [4.69, 9.17) is 4.74 Å². The lowest BCUT2D eigenvalue weighted by Gasteiger charge is -2.39. The van der Waals surface area contributed by atoms with Crippen molar-refractivity contribution in [3.05, 3.63) is 52.9 Å². The third kappa shape index (κ3) is 7.42. The van der Waals surface area contributed by atoms with E-state index >= 15 is 0 Å². The average molecular weight is 503 g/mol. The normalized spacial score (nSPS) is 21.0. The number of rotatable bonds is 10. The predicted octanol–water partition coefficient (Wildman–Crippen LogP) is 4.97. The van der Waals surface area contributed by atoms with Gasteiger partial charge in [0.2, 0.25) is 11.8 Å². The highest BCUT2D eigenvalue weighted by molar-refractivity contribution is 8.13. The maximum atomic E-state index is 13.7. The molecule has 1 atom stereocenters. The van der Waals surface area contributed by atoms with Gasteiger partial charge < -0.3 is 15.4 Å². The van der Waals surface area contributed by atoms with Gasteiger partial charge in [-0.05, 0) is 62.1 Å². The third-order valence-electron chi connectivity index (χ3n) is 6.21. The summed E-state index contributed by atoms with van der Waals surface area (Å²) in [6.45, 7) is 6.12. The number of ether oxygens (including phenoxy) is 1. The van der Waals surface area contributed by atoms with Crippen molar-refractivity contribution in [2.75, 3.05) is 17.7 Å². The van der Waals surface area contributed by atoms with E-state index in [0.717, 1.165) is 29.0 Å². The SMILES string of the molecule is CCOC1CCC(CSC(C)=O)(C(=O)N[C@@H](Cc2ccccc2)C(=O)Nc2cc(C)cs2)CC1. The molecule has 0 saturated heterocycles. The highest BCUT2D eigenvalue weighted by Crippen LogP contribution is 2.40. The van der Waals surface area contributed by atoms with Gasteiger partial charge in [0.05, 0.1) is 16.5 Å². The molecule has 2 aromatic rings. The quantitative estimate of drug-likeness (QED) is 0.479. The van der Waals surface area contributed by atoms with Gasteiger partial charge in [0, 0.05) is 25.7 Å². The van der Waals surface area contributed by atoms with Gasteiger partial charge in [-0.25, -0.2) is 0 Å². The zero-order valence-electron chi connectivity index (χ0n) is 20.1. The van der Waals surface area contributed by atoms with Crippen LogP contribution in [-0.2, 0) is 25.5 Å². The van der Waals surface area contributed by atoms with Gasteiger partial charge >= 0.3 is 0 Å². The summed E-state index contributed by atoms with van der Waals surface area (Å²) in [5.74, 6) is 0.0163. The topological polar surface area (TPSA) is 84.5 Å². The van der Waals surface area contributed by atoms with Crippen LogP contribution < -0.4 is 10.6 Å². The predicted molar refractivity (Wildman–Crippen MR) is 139 cm³/mol. The smallest absolute Gasteiger partial charge is 0.247 e. The van der Waals surface area contributed by atoms with E-state index in [-0.39, 0.29) is 23.0 Å². The molecule has 1 aliphatic rings. The van der Waals surface area contributed by atoms with Crippen LogP contribution in [0.1, 0.15) is 50.7 Å². The van der Waals surface area contributed by atoms with E-state index in [9.17, 15) is 14.4 Å². The lowest BCUT2D eigenvalue weighted by Crippen LogP contribution is -2.53. The Bertz CT molecular complexity index is 968. The van der Waals surface area contributed by atoms with Crippen molar-refractivity contribution in [3.8, 4) is 0 Å². The van der Waals surface area contributed by atoms with Crippen molar-refractivity contribution in [3.63, 3.8) is 0 Å². The van der Waals surface area contributed by atoms with E-state index in [2.05, 4.69) is 10.6 Å². The van der Waals surface area contributed by atoms with Crippen LogP contribution in [0.3, 0.4) is 0 Å². The first-order valence-electron chi connectivity index (χ1n) is 11.8. The van der Waals surface area contributed by atoms with Crippen LogP contribution >= 0.6 is 23.1 Å². The summed E-state index contributed by atoms with van der Waals surface area (Å²) in [5, 5.41) is 8.75. The van der Waals surface area contributed by atoms with Crippen molar-refractivity contribution in [1.29, 1.82) is 0 Å². The Balaban J connectivity index is 1.78. The minimum atomic E-state index is -0.721. The number of hydrogen-bond donors (Lipinski definition) is 2. The molecular formula is C26H34N2O4S2. The minimum absolute atomic E-state index is 0.00856. The summed E-state index contributed by atoms with van der Waals surface area (Å²) >= 11 is 2.65. The number of benzene rings is 1. The summed E-state index contributed by atoms with van der Waals surface area (Å²) in [4.78, 5) is 38.7. The molecule has 2 amide bonds. The number of anilines is 1. The summed E-state index contributed by atoms with van der Waals surface area (Å²) in [6, 6.07) is 10.9. The second kappa shape index (κ2) is 12.5. The molecule has 1 fully saturated rings. The summed E-state index contributed by atoms with van der Waals surface area (Å²) in [6.07, 6.45) is 3.33. The Morgan fingerprint density at radius 3 is 2.50 bits per heavy atom. The molecule has 0 unspecified atom stereocenters.